The lowest BCUT2D eigenvalue weighted by molar-refractivity contribution is 0.408. The normalized spacial score (nSPS) is 10.2. The number of hydrogen-bond donors (Lipinski definition) is 1. The number of fused-ring (bicyclic) bond motifs is 1. The molecule has 0 heterocycles. The van der Waals surface area contributed by atoms with Crippen molar-refractivity contribution in [3.63, 3.8) is 0 Å². The molecule has 0 fully saturated rings. The summed E-state index contributed by atoms with van der Waals surface area (Å²) in [6, 6.07) is 7.42. The van der Waals surface area contributed by atoms with Crippen molar-refractivity contribution in [2.75, 3.05) is 7.11 Å². The van der Waals surface area contributed by atoms with E-state index in [0.717, 1.165) is 24.6 Å². The molecule has 0 aliphatic heterocycles. The van der Waals surface area contributed by atoms with Crippen molar-refractivity contribution >= 4 is 22.4 Å². The highest BCUT2D eigenvalue weighted by molar-refractivity contribution is 6.37. The summed E-state index contributed by atoms with van der Waals surface area (Å²) in [7, 11) is 1.53. The summed E-state index contributed by atoms with van der Waals surface area (Å²) < 4.78 is 5.33. The Morgan fingerprint density at radius 1 is 1.25 bits per heavy atom. The Morgan fingerprint density at radius 2 is 1.95 bits per heavy atom. The second kappa shape index (κ2) is 6.54. The van der Waals surface area contributed by atoms with Crippen molar-refractivity contribution in [1.82, 2.24) is 0 Å². The van der Waals surface area contributed by atoms with Crippen molar-refractivity contribution in [3.05, 3.63) is 34.9 Å². The van der Waals surface area contributed by atoms with Crippen LogP contribution in [0.1, 0.15) is 31.7 Å². The number of methoxy groups -OCH3 is 1. The highest BCUT2D eigenvalue weighted by atomic mass is 35.5. The van der Waals surface area contributed by atoms with Gasteiger partial charge in [-0.3, -0.25) is 0 Å². The van der Waals surface area contributed by atoms with Gasteiger partial charge in [-0.15, -0.1) is 0 Å². The molecule has 0 radical (unpaired) electrons. The maximum absolute atomic E-state index is 10.4. The molecule has 2 nitrogen and oxygen atoms in total. The fraction of sp³-hybridized carbons (Fsp3) is 0.294. The van der Waals surface area contributed by atoms with E-state index in [9.17, 15) is 5.11 Å². The molecule has 0 saturated heterocycles. The van der Waals surface area contributed by atoms with Crippen molar-refractivity contribution in [2.24, 2.45) is 0 Å². The topological polar surface area (TPSA) is 29.5 Å². The lowest BCUT2D eigenvalue weighted by Gasteiger charge is -2.12. The van der Waals surface area contributed by atoms with Gasteiger partial charge in [0.05, 0.1) is 12.1 Å². The molecule has 3 heteroatoms. The van der Waals surface area contributed by atoms with Gasteiger partial charge >= 0.3 is 0 Å². The summed E-state index contributed by atoms with van der Waals surface area (Å²) in [6.07, 6.45) is 2.93. The predicted octanol–water partition coefficient (Wildman–Crippen LogP) is 4.75. The summed E-state index contributed by atoms with van der Waals surface area (Å²) in [5, 5.41) is 12.3. The molecule has 0 aliphatic rings. The smallest absolute Gasteiger partial charge is 0.157 e. The van der Waals surface area contributed by atoms with Crippen LogP contribution in [-0.4, -0.2) is 12.2 Å². The van der Waals surface area contributed by atoms with E-state index in [2.05, 4.69) is 18.8 Å². The average molecular weight is 289 g/mol. The number of aromatic hydroxyl groups is 1. The van der Waals surface area contributed by atoms with Gasteiger partial charge in [0.2, 0.25) is 0 Å². The van der Waals surface area contributed by atoms with Crippen molar-refractivity contribution in [1.29, 1.82) is 0 Å². The van der Waals surface area contributed by atoms with Gasteiger partial charge in [-0.05, 0) is 6.42 Å². The molecule has 0 saturated carbocycles. The SMILES string of the molecule is CCCCC#Cc1c(OC)c(Cl)c2ccccc2c1O. The minimum absolute atomic E-state index is 0.130. The number of halogens is 1. The van der Waals surface area contributed by atoms with Gasteiger partial charge in [-0.1, -0.05) is 61.1 Å². The minimum Gasteiger partial charge on any atom is -0.506 e. The molecule has 0 amide bonds. The molecule has 0 spiro atoms. The van der Waals surface area contributed by atoms with Crippen molar-refractivity contribution < 1.29 is 9.84 Å². The summed E-state index contributed by atoms with van der Waals surface area (Å²) in [5.74, 6) is 6.62. The molecule has 20 heavy (non-hydrogen) atoms. The van der Waals surface area contributed by atoms with Crippen LogP contribution >= 0.6 is 11.6 Å². The zero-order valence-corrected chi connectivity index (χ0v) is 12.4. The summed E-state index contributed by atoms with van der Waals surface area (Å²) >= 11 is 6.36. The first-order valence-corrected chi connectivity index (χ1v) is 7.04. The van der Waals surface area contributed by atoms with Crippen LogP contribution in [0.15, 0.2) is 24.3 Å². The summed E-state index contributed by atoms with van der Waals surface area (Å²) in [5.41, 5.74) is 0.465. The van der Waals surface area contributed by atoms with E-state index >= 15 is 0 Å². The quantitative estimate of drug-likeness (QED) is 0.652. The fourth-order valence-corrected chi connectivity index (χ4v) is 2.42. The zero-order chi connectivity index (χ0) is 14.5. The van der Waals surface area contributed by atoms with Crippen LogP contribution in [0.5, 0.6) is 11.5 Å². The van der Waals surface area contributed by atoms with Gasteiger partial charge in [0.1, 0.15) is 11.3 Å². The van der Waals surface area contributed by atoms with Crippen LogP contribution in [0.2, 0.25) is 5.02 Å². The van der Waals surface area contributed by atoms with Gasteiger partial charge < -0.3 is 9.84 Å². The van der Waals surface area contributed by atoms with Crippen LogP contribution in [0, 0.1) is 11.8 Å². The third-order valence-corrected chi connectivity index (χ3v) is 3.53. The number of ether oxygens (including phenoxy) is 1. The number of hydrogen-bond acceptors (Lipinski definition) is 2. The third-order valence-electron chi connectivity index (χ3n) is 3.15. The molecule has 0 atom stereocenters. The second-order valence-corrected chi connectivity index (χ2v) is 4.90. The van der Waals surface area contributed by atoms with E-state index in [0.29, 0.717) is 21.7 Å². The lowest BCUT2D eigenvalue weighted by atomic mass is 10.0. The van der Waals surface area contributed by atoms with E-state index < -0.39 is 0 Å². The van der Waals surface area contributed by atoms with Gasteiger partial charge in [-0.25, -0.2) is 0 Å². The van der Waals surface area contributed by atoms with E-state index in [1.54, 1.807) is 0 Å². The molecular formula is C17H17ClO2. The zero-order valence-electron chi connectivity index (χ0n) is 11.7. The summed E-state index contributed by atoms with van der Waals surface area (Å²) in [6.45, 7) is 2.12. The van der Waals surface area contributed by atoms with Crippen LogP contribution in [-0.2, 0) is 0 Å². The number of phenols is 1. The van der Waals surface area contributed by atoms with E-state index in [-0.39, 0.29) is 5.75 Å². The first-order chi connectivity index (χ1) is 9.70. The lowest BCUT2D eigenvalue weighted by Crippen LogP contribution is -1.92. The highest BCUT2D eigenvalue weighted by Gasteiger charge is 2.17. The summed E-state index contributed by atoms with van der Waals surface area (Å²) in [4.78, 5) is 0. The molecule has 0 bridgehead atoms. The predicted molar refractivity (Wildman–Crippen MR) is 83.6 cm³/mol. The standard InChI is InChI=1S/C17H17ClO2/c1-3-4-5-6-11-14-16(19)13-10-8-7-9-12(13)15(18)17(14)20-2/h7-10,19H,3-5H2,1-2H3. The van der Waals surface area contributed by atoms with Crippen molar-refractivity contribution in [3.8, 4) is 23.3 Å². The monoisotopic (exact) mass is 288 g/mol. The van der Waals surface area contributed by atoms with Crippen LogP contribution in [0.25, 0.3) is 10.8 Å². The van der Waals surface area contributed by atoms with E-state index in [1.165, 1.54) is 7.11 Å². The Bertz CT molecular complexity index is 681. The van der Waals surface area contributed by atoms with Crippen LogP contribution < -0.4 is 4.74 Å². The Hall–Kier alpha value is -1.85. The Labute approximate surface area is 124 Å². The van der Waals surface area contributed by atoms with Crippen molar-refractivity contribution in [2.45, 2.75) is 26.2 Å². The number of rotatable bonds is 3. The minimum atomic E-state index is 0.130. The molecule has 2 rings (SSSR count). The molecule has 2 aromatic rings. The number of unbranched alkanes of at least 4 members (excludes halogenated alkanes) is 2. The first kappa shape index (κ1) is 14.6. The molecule has 0 aliphatic carbocycles. The molecule has 2 aromatic carbocycles. The maximum atomic E-state index is 10.4. The second-order valence-electron chi connectivity index (χ2n) is 4.52. The Morgan fingerprint density at radius 3 is 2.60 bits per heavy atom. The molecular weight excluding hydrogens is 272 g/mol. The largest absolute Gasteiger partial charge is 0.506 e. The number of phenolic OH excluding ortho intramolecular Hbond substituents is 1. The van der Waals surface area contributed by atoms with E-state index in [1.807, 2.05) is 24.3 Å². The molecule has 0 unspecified atom stereocenters. The fourth-order valence-electron chi connectivity index (χ4n) is 2.08. The molecule has 0 aromatic heterocycles. The van der Waals surface area contributed by atoms with Crippen LogP contribution in [0.4, 0.5) is 0 Å². The van der Waals surface area contributed by atoms with E-state index in [4.69, 9.17) is 16.3 Å². The van der Waals surface area contributed by atoms with Gasteiger partial charge in [0, 0.05) is 17.2 Å². The van der Waals surface area contributed by atoms with Gasteiger partial charge in [0.25, 0.3) is 0 Å². The molecule has 104 valence electrons. The third kappa shape index (κ3) is 2.69. The van der Waals surface area contributed by atoms with Crippen LogP contribution in [0.3, 0.4) is 0 Å². The van der Waals surface area contributed by atoms with Gasteiger partial charge in [-0.2, -0.15) is 0 Å². The first-order valence-electron chi connectivity index (χ1n) is 6.66. The maximum Gasteiger partial charge on any atom is 0.157 e. The highest BCUT2D eigenvalue weighted by Crippen LogP contribution is 2.42. The van der Waals surface area contributed by atoms with Gasteiger partial charge in [0.15, 0.2) is 5.75 Å². The molecule has 1 N–H and O–H groups in total. The Kier molecular flexibility index (Phi) is 4.76. The average Bonchev–Trinajstić information content (AvgIpc) is 2.48. The Balaban J connectivity index is 2.62. The number of benzene rings is 2.